The number of carboxylic acid groups (broad SMARTS) is 1. The molecule has 4 rings (SSSR count). The van der Waals surface area contributed by atoms with Crippen molar-refractivity contribution in [2.75, 3.05) is 0 Å². The maximum Gasteiger partial charge on any atom is 0.335 e. The summed E-state index contributed by atoms with van der Waals surface area (Å²) in [5, 5.41) is 20.1. The minimum atomic E-state index is -1.43. The summed E-state index contributed by atoms with van der Waals surface area (Å²) in [6.45, 7) is 1.91. The first-order chi connectivity index (χ1) is 12.4. The SMILES string of the molecule is C[C@]12O[C@@H](C(=O)O)[C@@H](O)[C@H](OCc3ccccc3)[C@H]1OC1(CCCC1)O2. The third-order valence-electron chi connectivity index (χ3n) is 5.45. The van der Waals surface area contributed by atoms with Gasteiger partial charge in [-0.25, -0.2) is 4.79 Å². The number of hydrogen-bond donors (Lipinski definition) is 2. The summed E-state index contributed by atoms with van der Waals surface area (Å²) < 4.78 is 23.9. The van der Waals surface area contributed by atoms with Crippen molar-refractivity contribution in [2.24, 2.45) is 0 Å². The van der Waals surface area contributed by atoms with Gasteiger partial charge in [0, 0.05) is 12.8 Å². The Morgan fingerprint density at radius 1 is 1.23 bits per heavy atom. The topological polar surface area (TPSA) is 94.5 Å². The number of fused-ring (bicyclic) bond motifs is 1. The van der Waals surface area contributed by atoms with Crippen LogP contribution in [0.1, 0.15) is 38.2 Å². The van der Waals surface area contributed by atoms with Crippen LogP contribution in [0.25, 0.3) is 0 Å². The lowest BCUT2D eigenvalue weighted by molar-refractivity contribution is -0.314. The molecule has 1 aliphatic carbocycles. The van der Waals surface area contributed by atoms with Crippen molar-refractivity contribution >= 4 is 5.97 Å². The molecular weight excluding hydrogens is 340 g/mol. The fourth-order valence-corrected chi connectivity index (χ4v) is 4.20. The molecular formula is C19H24O7. The molecule has 2 saturated heterocycles. The Kier molecular flexibility index (Phi) is 4.53. The average Bonchev–Trinajstić information content (AvgIpc) is 3.18. The van der Waals surface area contributed by atoms with E-state index in [2.05, 4.69) is 0 Å². The molecule has 5 atom stereocenters. The second-order valence-corrected chi connectivity index (χ2v) is 7.40. The van der Waals surface area contributed by atoms with Gasteiger partial charge in [-0.1, -0.05) is 30.3 Å². The highest BCUT2D eigenvalue weighted by Gasteiger charge is 2.65. The highest BCUT2D eigenvalue weighted by molar-refractivity contribution is 5.73. The Morgan fingerprint density at radius 3 is 2.58 bits per heavy atom. The van der Waals surface area contributed by atoms with Crippen LogP contribution in [-0.4, -0.2) is 52.2 Å². The molecule has 0 aromatic heterocycles. The summed E-state index contributed by atoms with van der Waals surface area (Å²) in [4.78, 5) is 11.6. The maximum atomic E-state index is 11.6. The van der Waals surface area contributed by atoms with E-state index in [1.54, 1.807) is 6.92 Å². The van der Waals surface area contributed by atoms with E-state index < -0.39 is 42.0 Å². The minimum Gasteiger partial charge on any atom is -0.479 e. The van der Waals surface area contributed by atoms with Crippen molar-refractivity contribution < 1.29 is 34.0 Å². The van der Waals surface area contributed by atoms with Gasteiger partial charge in [0.15, 0.2) is 17.7 Å². The normalized spacial score (nSPS) is 38.4. The fraction of sp³-hybridized carbons (Fsp3) is 0.632. The summed E-state index contributed by atoms with van der Waals surface area (Å²) in [5.74, 6) is -3.30. The van der Waals surface area contributed by atoms with Gasteiger partial charge in [-0.05, 0) is 25.3 Å². The van der Waals surface area contributed by atoms with E-state index in [9.17, 15) is 15.0 Å². The van der Waals surface area contributed by atoms with E-state index in [1.807, 2.05) is 30.3 Å². The van der Waals surface area contributed by atoms with Crippen LogP contribution in [0, 0.1) is 0 Å². The van der Waals surface area contributed by atoms with Gasteiger partial charge in [0.2, 0.25) is 0 Å². The molecule has 26 heavy (non-hydrogen) atoms. The molecule has 1 saturated carbocycles. The summed E-state index contributed by atoms with van der Waals surface area (Å²) in [5.41, 5.74) is 0.925. The molecule has 142 valence electrons. The Labute approximate surface area is 151 Å². The molecule has 0 bridgehead atoms. The standard InChI is InChI=1S/C19H24O7/c1-18-16(25-19(26-18)9-5-6-10-19)14(13(20)15(24-18)17(21)22)23-11-12-7-3-2-4-8-12/h2-4,7-8,13-16,20H,5-6,9-11H2,1H3,(H,21,22)/t13-,14-,15+,16+,18+/m0/s1. The smallest absolute Gasteiger partial charge is 0.335 e. The minimum absolute atomic E-state index is 0.234. The highest BCUT2D eigenvalue weighted by atomic mass is 16.9. The van der Waals surface area contributed by atoms with Crippen LogP contribution in [0.2, 0.25) is 0 Å². The number of aliphatic hydroxyl groups is 1. The van der Waals surface area contributed by atoms with Gasteiger partial charge in [0.25, 0.3) is 0 Å². The van der Waals surface area contributed by atoms with Gasteiger partial charge in [-0.2, -0.15) is 0 Å². The second-order valence-electron chi connectivity index (χ2n) is 7.40. The summed E-state index contributed by atoms with van der Waals surface area (Å²) >= 11 is 0. The number of carbonyl (C=O) groups is 1. The molecule has 7 nitrogen and oxygen atoms in total. The Morgan fingerprint density at radius 2 is 1.92 bits per heavy atom. The van der Waals surface area contributed by atoms with Crippen LogP contribution >= 0.6 is 0 Å². The Hall–Kier alpha value is -1.51. The van der Waals surface area contributed by atoms with Crippen LogP contribution in [0.5, 0.6) is 0 Å². The number of benzene rings is 1. The van der Waals surface area contributed by atoms with Crippen LogP contribution in [-0.2, 0) is 30.3 Å². The molecule has 2 N–H and O–H groups in total. The maximum absolute atomic E-state index is 11.6. The van der Waals surface area contributed by atoms with Crippen molar-refractivity contribution in [3.8, 4) is 0 Å². The van der Waals surface area contributed by atoms with Crippen LogP contribution < -0.4 is 0 Å². The van der Waals surface area contributed by atoms with E-state index in [-0.39, 0.29) is 6.61 Å². The van der Waals surface area contributed by atoms with Gasteiger partial charge in [0.1, 0.15) is 18.3 Å². The number of rotatable bonds is 4. The molecule has 2 heterocycles. The van der Waals surface area contributed by atoms with E-state index in [0.29, 0.717) is 0 Å². The monoisotopic (exact) mass is 364 g/mol. The van der Waals surface area contributed by atoms with Gasteiger partial charge in [-0.3, -0.25) is 0 Å². The first-order valence-corrected chi connectivity index (χ1v) is 9.05. The fourth-order valence-electron chi connectivity index (χ4n) is 4.20. The first-order valence-electron chi connectivity index (χ1n) is 9.05. The largest absolute Gasteiger partial charge is 0.479 e. The van der Waals surface area contributed by atoms with E-state index in [0.717, 1.165) is 31.2 Å². The van der Waals surface area contributed by atoms with Gasteiger partial charge in [-0.15, -0.1) is 0 Å². The summed E-state index contributed by atoms with van der Waals surface area (Å²) in [6, 6.07) is 9.51. The van der Waals surface area contributed by atoms with Crippen molar-refractivity contribution in [3.05, 3.63) is 35.9 Å². The number of aliphatic carboxylic acids is 1. The molecule has 7 heteroatoms. The average molecular weight is 364 g/mol. The molecule has 3 aliphatic rings. The molecule has 2 aliphatic heterocycles. The molecule has 0 unspecified atom stereocenters. The lowest BCUT2D eigenvalue weighted by Gasteiger charge is -2.43. The lowest BCUT2D eigenvalue weighted by atomic mass is 9.93. The summed E-state index contributed by atoms with van der Waals surface area (Å²) in [6.07, 6.45) is -0.952. The van der Waals surface area contributed by atoms with Crippen LogP contribution in [0.4, 0.5) is 0 Å². The molecule has 0 radical (unpaired) electrons. The van der Waals surface area contributed by atoms with Crippen molar-refractivity contribution in [1.82, 2.24) is 0 Å². The molecule has 0 amide bonds. The van der Waals surface area contributed by atoms with Gasteiger partial charge in [0.05, 0.1) is 6.61 Å². The van der Waals surface area contributed by atoms with Crippen molar-refractivity contribution in [2.45, 2.75) is 75.2 Å². The van der Waals surface area contributed by atoms with E-state index in [1.165, 1.54) is 0 Å². The van der Waals surface area contributed by atoms with E-state index in [4.69, 9.17) is 18.9 Å². The summed E-state index contributed by atoms with van der Waals surface area (Å²) in [7, 11) is 0. The van der Waals surface area contributed by atoms with Gasteiger partial charge < -0.3 is 29.2 Å². The van der Waals surface area contributed by atoms with Crippen molar-refractivity contribution in [1.29, 1.82) is 0 Å². The van der Waals surface area contributed by atoms with Crippen LogP contribution in [0.15, 0.2) is 30.3 Å². The van der Waals surface area contributed by atoms with E-state index >= 15 is 0 Å². The third kappa shape index (κ3) is 3.04. The first kappa shape index (κ1) is 17.9. The number of carboxylic acids is 1. The number of aliphatic hydroxyl groups excluding tert-OH is 1. The van der Waals surface area contributed by atoms with Crippen LogP contribution in [0.3, 0.4) is 0 Å². The molecule has 3 fully saturated rings. The molecule has 1 spiro atoms. The zero-order valence-corrected chi connectivity index (χ0v) is 14.7. The Balaban J connectivity index is 1.59. The molecule has 1 aromatic carbocycles. The number of ether oxygens (including phenoxy) is 4. The zero-order chi connectivity index (χ0) is 18.4. The lowest BCUT2D eigenvalue weighted by Crippen LogP contribution is -2.64. The predicted molar refractivity (Wildman–Crippen MR) is 89.1 cm³/mol. The zero-order valence-electron chi connectivity index (χ0n) is 14.7. The number of hydrogen-bond acceptors (Lipinski definition) is 6. The Bertz CT molecular complexity index is 657. The third-order valence-corrected chi connectivity index (χ3v) is 5.45. The quantitative estimate of drug-likeness (QED) is 0.841. The van der Waals surface area contributed by atoms with Gasteiger partial charge >= 0.3 is 5.97 Å². The molecule has 1 aromatic rings. The predicted octanol–water partition coefficient (Wildman–Crippen LogP) is 1.82. The van der Waals surface area contributed by atoms with Crippen molar-refractivity contribution in [3.63, 3.8) is 0 Å². The highest BCUT2D eigenvalue weighted by Crippen LogP contribution is 2.50. The second kappa shape index (κ2) is 6.58.